The third-order valence-electron chi connectivity index (χ3n) is 4.15. The van der Waals surface area contributed by atoms with Crippen LogP contribution >= 0.6 is 0 Å². The predicted molar refractivity (Wildman–Crippen MR) is 90.0 cm³/mol. The zero-order valence-electron chi connectivity index (χ0n) is 15.2. The van der Waals surface area contributed by atoms with E-state index in [9.17, 15) is 18.0 Å². The average molecular weight is 360 g/mol. The highest BCUT2D eigenvalue weighted by atomic mass is 19.4. The number of carbonyl (C=O) groups is 1. The Morgan fingerprint density at radius 1 is 1.08 bits per heavy atom. The molecule has 0 aliphatic carbocycles. The highest BCUT2D eigenvalue weighted by molar-refractivity contribution is 5.82. The topological polar surface area (TPSA) is 35.5 Å². The lowest BCUT2D eigenvalue weighted by atomic mass is 9.92. The number of alkyl halides is 3. The zero-order valence-corrected chi connectivity index (χ0v) is 15.2. The van der Waals surface area contributed by atoms with Gasteiger partial charge in [-0.05, 0) is 18.3 Å². The summed E-state index contributed by atoms with van der Waals surface area (Å²) in [5, 5.41) is 0. The smallest absolute Gasteiger partial charge is 0.432 e. The molecule has 0 saturated heterocycles. The van der Waals surface area contributed by atoms with Gasteiger partial charge in [-0.25, -0.2) is 4.79 Å². The summed E-state index contributed by atoms with van der Waals surface area (Å²) in [6.07, 6.45) is -2.15. The summed E-state index contributed by atoms with van der Waals surface area (Å²) >= 11 is 0. The Bertz CT molecular complexity index is 528. The second-order valence-electron chi connectivity index (χ2n) is 6.78. The highest BCUT2D eigenvalue weighted by Gasteiger charge is 2.64. The molecular formula is C19H27F3O3. The van der Waals surface area contributed by atoms with Gasteiger partial charge in [0.15, 0.2) is 0 Å². The molecule has 0 heterocycles. The molecule has 3 nitrogen and oxygen atoms in total. The molecule has 1 rings (SSSR count). The summed E-state index contributed by atoms with van der Waals surface area (Å²) in [6.45, 7) is 6.02. The van der Waals surface area contributed by atoms with Gasteiger partial charge in [-0.3, -0.25) is 0 Å². The Hall–Kier alpha value is -1.56. The van der Waals surface area contributed by atoms with E-state index in [0.29, 0.717) is 5.92 Å². The van der Waals surface area contributed by atoms with Crippen molar-refractivity contribution in [2.45, 2.75) is 51.8 Å². The maximum absolute atomic E-state index is 13.7. The molecule has 0 fully saturated rings. The molecule has 0 aliphatic rings. The van der Waals surface area contributed by atoms with Gasteiger partial charge in [0.1, 0.15) is 0 Å². The van der Waals surface area contributed by atoms with Gasteiger partial charge >= 0.3 is 12.1 Å². The lowest BCUT2D eigenvalue weighted by Gasteiger charge is -2.32. The minimum atomic E-state index is -4.93. The molecule has 0 aromatic heterocycles. The van der Waals surface area contributed by atoms with E-state index in [-0.39, 0.29) is 18.1 Å². The monoisotopic (exact) mass is 360 g/mol. The molecule has 1 aromatic carbocycles. The minimum Gasteiger partial charge on any atom is -0.463 e. The van der Waals surface area contributed by atoms with E-state index in [4.69, 9.17) is 9.47 Å². The van der Waals surface area contributed by atoms with Gasteiger partial charge in [0.2, 0.25) is 0 Å². The van der Waals surface area contributed by atoms with Crippen molar-refractivity contribution in [2.75, 3.05) is 13.7 Å². The fourth-order valence-corrected chi connectivity index (χ4v) is 2.66. The average Bonchev–Trinajstić information content (AvgIpc) is 2.53. The second kappa shape index (κ2) is 9.22. The van der Waals surface area contributed by atoms with Crippen LogP contribution in [0.25, 0.3) is 0 Å². The molecule has 0 spiro atoms. The van der Waals surface area contributed by atoms with Crippen LogP contribution in [0.5, 0.6) is 0 Å². The molecule has 0 unspecified atom stereocenters. The van der Waals surface area contributed by atoms with Crippen LogP contribution in [0.4, 0.5) is 13.2 Å². The quantitative estimate of drug-likeness (QED) is 0.575. The second-order valence-corrected chi connectivity index (χ2v) is 6.78. The van der Waals surface area contributed by atoms with Crippen molar-refractivity contribution in [2.24, 2.45) is 11.8 Å². The lowest BCUT2D eigenvalue weighted by molar-refractivity contribution is -0.276. The Labute approximate surface area is 147 Å². The number of hydrogen-bond acceptors (Lipinski definition) is 3. The van der Waals surface area contributed by atoms with Gasteiger partial charge in [-0.1, -0.05) is 63.9 Å². The largest absolute Gasteiger partial charge is 0.463 e. The first-order valence-corrected chi connectivity index (χ1v) is 8.49. The van der Waals surface area contributed by atoms with Gasteiger partial charge in [-0.2, -0.15) is 13.2 Å². The van der Waals surface area contributed by atoms with Crippen LogP contribution in [0.3, 0.4) is 0 Å². The summed E-state index contributed by atoms with van der Waals surface area (Å²) in [5.41, 5.74) is -3.39. The van der Waals surface area contributed by atoms with Gasteiger partial charge in [0.25, 0.3) is 5.60 Å². The Kier molecular flexibility index (Phi) is 7.93. The highest BCUT2D eigenvalue weighted by Crippen LogP contribution is 2.43. The molecule has 25 heavy (non-hydrogen) atoms. The number of esters is 1. The van der Waals surface area contributed by atoms with Crippen molar-refractivity contribution < 1.29 is 27.4 Å². The van der Waals surface area contributed by atoms with Gasteiger partial charge in [-0.15, -0.1) is 0 Å². The van der Waals surface area contributed by atoms with Gasteiger partial charge < -0.3 is 9.47 Å². The fourth-order valence-electron chi connectivity index (χ4n) is 2.66. The molecule has 0 bridgehead atoms. The maximum Gasteiger partial charge on any atom is 0.432 e. The SMILES string of the molecule is CO[C@@](C(=O)OC[C@H](C)CCCC(C)C)(c1ccccc1)C(F)(F)F. The van der Waals surface area contributed by atoms with Gasteiger partial charge in [0.05, 0.1) is 6.61 Å². The first-order chi connectivity index (χ1) is 11.6. The summed E-state index contributed by atoms with van der Waals surface area (Å²) in [7, 11) is 0.869. The molecule has 0 amide bonds. The summed E-state index contributed by atoms with van der Waals surface area (Å²) in [6, 6.07) is 6.85. The minimum absolute atomic E-state index is 0.0127. The van der Waals surface area contributed by atoms with Crippen molar-refractivity contribution in [3.05, 3.63) is 35.9 Å². The predicted octanol–water partition coefficient (Wildman–Crippen LogP) is 5.10. The molecule has 0 saturated carbocycles. The van der Waals surface area contributed by atoms with Crippen LogP contribution in [0.1, 0.15) is 45.6 Å². The molecule has 6 heteroatoms. The van der Waals surface area contributed by atoms with Crippen LogP contribution in [0.15, 0.2) is 30.3 Å². The standard InChI is InChI=1S/C19H27F3O3/c1-14(2)9-8-10-15(3)13-25-17(23)18(24-4,19(20,21)22)16-11-6-5-7-12-16/h5-7,11-12,14-15H,8-10,13H2,1-4H3/t15-,18-/m1/s1. The fraction of sp³-hybridized carbons (Fsp3) is 0.632. The number of ether oxygens (including phenoxy) is 2. The molecule has 0 N–H and O–H groups in total. The molecule has 1 aromatic rings. The van der Waals surface area contributed by atoms with Crippen molar-refractivity contribution >= 4 is 5.97 Å². The molecular weight excluding hydrogens is 333 g/mol. The third kappa shape index (κ3) is 5.46. The van der Waals surface area contributed by atoms with E-state index in [1.807, 2.05) is 6.92 Å². The van der Waals surface area contributed by atoms with Crippen molar-refractivity contribution in [1.82, 2.24) is 0 Å². The van der Waals surface area contributed by atoms with Crippen molar-refractivity contribution in [3.8, 4) is 0 Å². The van der Waals surface area contributed by atoms with E-state index in [2.05, 4.69) is 13.8 Å². The number of methoxy groups -OCH3 is 1. The van der Waals surface area contributed by atoms with Crippen LogP contribution in [0.2, 0.25) is 0 Å². The van der Waals surface area contributed by atoms with Crippen LogP contribution in [-0.4, -0.2) is 25.9 Å². The van der Waals surface area contributed by atoms with Crippen LogP contribution in [-0.2, 0) is 19.9 Å². The van der Waals surface area contributed by atoms with E-state index in [1.165, 1.54) is 24.3 Å². The number of benzene rings is 1. The number of hydrogen-bond donors (Lipinski definition) is 0. The maximum atomic E-state index is 13.7. The first-order valence-electron chi connectivity index (χ1n) is 8.49. The number of carbonyl (C=O) groups excluding carboxylic acids is 1. The van der Waals surface area contributed by atoms with Crippen molar-refractivity contribution in [1.29, 1.82) is 0 Å². The molecule has 2 atom stereocenters. The Balaban J connectivity index is 2.85. The summed E-state index contributed by atoms with van der Waals surface area (Å²) in [4.78, 5) is 12.4. The van der Waals surface area contributed by atoms with E-state index < -0.39 is 17.7 Å². The number of halogens is 3. The van der Waals surface area contributed by atoms with E-state index >= 15 is 0 Å². The first kappa shape index (κ1) is 21.5. The van der Waals surface area contributed by atoms with Crippen molar-refractivity contribution in [3.63, 3.8) is 0 Å². The molecule has 142 valence electrons. The zero-order chi connectivity index (χ0) is 19.1. The third-order valence-corrected chi connectivity index (χ3v) is 4.15. The molecule has 0 radical (unpaired) electrons. The molecule has 0 aliphatic heterocycles. The lowest BCUT2D eigenvalue weighted by Crippen LogP contribution is -2.52. The van der Waals surface area contributed by atoms with E-state index in [1.54, 1.807) is 6.07 Å². The van der Waals surface area contributed by atoms with Crippen LogP contribution in [0, 0.1) is 11.8 Å². The Morgan fingerprint density at radius 2 is 1.68 bits per heavy atom. The normalized spacial score (nSPS) is 15.7. The van der Waals surface area contributed by atoms with Crippen LogP contribution < -0.4 is 0 Å². The Morgan fingerprint density at radius 3 is 2.16 bits per heavy atom. The van der Waals surface area contributed by atoms with Gasteiger partial charge in [0, 0.05) is 12.7 Å². The summed E-state index contributed by atoms with van der Waals surface area (Å²) in [5.74, 6) is -0.870. The summed E-state index contributed by atoms with van der Waals surface area (Å²) < 4.78 is 50.8. The number of rotatable bonds is 9. The van der Waals surface area contributed by atoms with E-state index in [0.717, 1.165) is 26.4 Å².